The molecule has 0 aliphatic heterocycles. The molecule has 0 saturated heterocycles. The highest BCUT2D eigenvalue weighted by atomic mass is 19.1. The van der Waals surface area contributed by atoms with Crippen LogP contribution in [0.15, 0.2) is 18.2 Å². The van der Waals surface area contributed by atoms with E-state index in [0.29, 0.717) is 17.9 Å². The third-order valence-electron chi connectivity index (χ3n) is 3.70. The smallest absolute Gasteiger partial charge is 0.305 e. The molecule has 19 heavy (non-hydrogen) atoms. The Bertz CT molecular complexity index is 472. The molecule has 5 heteroatoms. The van der Waals surface area contributed by atoms with Crippen molar-refractivity contribution in [3.63, 3.8) is 0 Å². The summed E-state index contributed by atoms with van der Waals surface area (Å²) in [6.45, 7) is 0.411. The zero-order valence-electron chi connectivity index (χ0n) is 10.9. The van der Waals surface area contributed by atoms with E-state index in [4.69, 9.17) is 9.84 Å². The van der Waals surface area contributed by atoms with E-state index in [1.165, 1.54) is 19.2 Å². The summed E-state index contributed by atoms with van der Waals surface area (Å²) < 4.78 is 18.4. The van der Waals surface area contributed by atoms with Crippen LogP contribution in [0.3, 0.4) is 0 Å². The van der Waals surface area contributed by atoms with Crippen molar-refractivity contribution in [3.8, 4) is 5.75 Å². The number of carbonyl (C=O) groups is 1. The van der Waals surface area contributed by atoms with Crippen LogP contribution < -0.4 is 10.1 Å². The number of rotatable bonds is 6. The maximum absolute atomic E-state index is 13.2. The lowest BCUT2D eigenvalue weighted by molar-refractivity contribution is -0.139. The van der Waals surface area contributed by atoms with E-state index >= 15 is 0 Å². The Balaban J connectivity index is 2.05. The fourth-order valence-corrected chi connectivity index (χ4v) is 2.48. The number of carboxylic acids is 1. The third-order valence-corrected chi connectivity index (χ3v) is 3.70. The third kappa shape index (κ3) is 3.23. The van der Waals surface area contributed by atoms with Gasteiger partial charge >= 0.3 is 5.97 Å². The molecule has 2 rings (SSSR count). The molecule has 4 nitrogen and oxygen atoms in total. The molecular weight excluding hydrogens is 249 g/mol. The number of hydrogen-bond acceptors (Lipinski definition) is 3. The van der Waals surface area contributed by atoms with Gasteiger partial charge in [-0.3, -0.25) is 4.79 Å². The van der Waals surface area contributed by atoms with Gasteiger partial charge in [0, 0.05) is 17.6 Å². The standard InChI is InChI=1S/C14H18FNO3/c1-19-12-4-3-11(15)7-10(12)9-16-14(5-2-6-14)8-13(17)18/h3-4,7,16H,2,5-6,8-9H2,1H3,(H,17,18). The molecule has 0 aromatic heterocycles. The quantitative estimate of drug-likeness (QED) is 0.830. The van der Waals surface area contributed by atoms with Crippen molar-refractivity contribution in [1.29, 1.82) is 0 Å². The summed E-state index contributed by atoms with van der Waals surface area (Å²) >= 11 is 0. The zero-order valence-corrected chi connectivity index (χ0v) is 10.9. The summed E-state index contributed by atoms with van der Waals surface area (Å²) in [7, 11) is 1.53. The Hall–Kier alpha value is -1.62. The van der Waals surface area contributed by atoms with E-state index in [-0.39, 0.29) is 17.8 Å². The Morgan fingerprint density at radius 1 is 1.53 bits per heavy atom. The first kappa shape index (κ1) is 13.8. The molecule has 1 fully saturated rings. The highest BCUT2D eigenvalue weighted by Crippen LogP contribution is 2.35. The van der Waals surface area contributed by atoms with Crippen molar-refractivity contribution in [1.82, 2.24) is 5.32 Å². The summed E-state index contributed by atoms with van der Waals surface area (Å²) in [5.74, 6) is -0.518. The summed E-state index contributed by atoms with van der Waals surface area (Å²) in [5.41, 5.74) is 0.363. The Kier molecular flexibility index (Phi) is 4.04. The number of methoxy groups -OCH3 is 1. The van der Waals surface area contributed by atoms with E-state index in [2.05, 4.69) is 5.32 Å². The first-order valence-electron chi connectivity index (χ1n) is 6.34. The van der Waals surface area contributed by atoms with E-state index in [0.717, 1.165) is 19.3 Å². The molecule has 0 bridgehead atoms. The van der Waals surface area contributed by atoms with Crippen LogP contribution in [-0.4, -0.2) is 23.7 Å². The largest absolute Gasteiger partial charge is 0.496 e. The van der Waals surface area contributed by atoms with Crippen LogP contribution in [0, 0.1) is 5.82 Å². The normalized spacial score (nSPS) is 16.7. The second-order valence-electron chi connectivity index (χ2n) is 5.01. The van der Waals surface area contributed by atoms with Gasteiger partial charge in [-0.1, -0.05) is 0 Å². The van der Waals surface area contributed by atoms with Crippen LogP contribution in [0.25, 0.3) is 0 Å². The molecule has 0 unspecified atom stereocenters. The summed E-state index contributed by atoms with van der Waals surface area (Å²) in [6.07, 6.45) is 2.82. The number of aliphatic carboxylic acids is 1. The van der Waals surface area contributed by atoms with Crippen LogP contribution in [0.2, 0.25) is 0 Å². The average Bonchev–Trinajstić information content (AvgIpc) is 2.32. The molecule has 0 atom stereocenters. The maximum Gasteiger partial charge on any atom is 0.305 e. The van der Waals surface area contributed by atoms with Crippen LogP contribution in [0.5, 0.6) is 5.75 Å². The molecule has 1 aromatic carbocycles. The molecule has 0 radical (unpaired) electrons. The number of carboxylic acid groups (broad SMARTS) is 1. The van der Waals surface area contributed by atoms with Crippen molar-refractivity contribution in [2.45, 2.75) is 37.8 Å². The number of ether oxygens (including phenoxy) is 1. The fourth-order valence-electron chi connectivity index (χ4n) is 2.48. The highest BCUT2D eigenvalue weighted by Gasteiger charge is 2.38. The Morgan fingerprint density at radius 2 is 2.26 bits per heavy atom. The SMILES string of the molecule is COc1ccc(F)cc1CNC1(CC(=O)O)CCC1. The molecule has 1 aromatic rings. The second kappa shape index (κ2) is 5.57. The van der Waals surface area contributed by atoms with Crippen molar-refractivity contribution in [3.05, 3.63) is 29.6 Å². The lowest BCUT2D eigenvalue weighted by atomic mass is 9.74. The van der Waals surface area contributed by atoms with Gasteiger partial charge in [0.15, 0.2) is 0 Å². The molecule has 0 heterocycles. The molecule has 1 aliphatic carbocycles. The first-order valence-corrected chi connectivity index (χ1v) is 6.34. The van der Waals surface area contributed by atoms with Crippen molar-refractivity contribution >= 4 is 5.97 Å². The topological polar surface area (TPSA) is 58.6 Å². The van der Waals surface area contributed by atoms with E-state index in [9.17, 15) is 9.18 Å². The number of halogens is 1. The van der Waals surface area contributed by atoms with E-state index < -0.39 is 5.97 Å². The predicted octanol–water partition coefficient (Wildman–Crippen LogP) is 2.32. The van der Waals surface area contributed by atoms with Gasteiger partial charge in [-0.25, -0.2) is 4.39 Å². The zero-order chi connectivity index (χ0) is 13.9. The summed E-state index contributed by atoms with van der Waals surface area (Å²) in [6, 6.07) is 4.34. The second-order valence-corrected chi connectivity index (χ2v) is 5.01. The Labute approximate surface area is 111 Å². The molecular formula is C14H18FNO3. The minimum absolute atomic E-state index is 0.102. The van der Waals surface area contributed by atoms with Crippen LogP contribution in [-0.2, 0) is 11.3 Å². The van der Waals surface area contributed by atoms with Gasteiger partial charge in [-0.15, -0.1) is 0 Å². The van der Waals surface area contributed by atoms with Gasteiger partial charge in [0.05, 0.1) is 13.5 Å². The van der Waals surface area contributed by atoms with Crippen LogP contribution in [0.1, 0.15) is 31.2 Å². The van der Waals surface area contributed by atoms with Crippen LogP contribution >= 0.6 is 0 Å². The van der Waals surface area contributed by atoms with Crippen LogP contribution in [0.4, 0.5) is 4.39 Å². The van der Waals surface area contributed by atoms with Crippen molar-refractivity contribution in [2.75, 3.05) is 7.11 Å². The molecule has 2 N–H and O–H groups in total. The lowest BCUT2D eigenvalue weighted by Gasteiger charge is -2.42. The molecule has 104 valence electrons. The molecule has 0 spiro atoms. The number of benzene rings is 1. The number of nitrogens with one attached hydrogen (secondary N) is 1. The monoisotopic (exact) mass is 267 g/mol. The van der Waals surface area contributed by atoms with Gasteiger partial charge < -0.3 is 15.2 Å². The molecule has 1 saturated carbocycles. The average molecular weight is 267 g/mol. The van der Waals surface area contributed by atoms with E-state index in [1.807, 2.05) is 0 Å². The van der Waals surface area contributed by atoms with E-state index in [1.54, 1.807) is 6.07 Å². The van der Waals surface area contributed by atoms with Gasteiger partial charge in [0.25, 0.3) is 0 Å². The van der Waals surface area contributed by atoms with Gasteiger partial charge in [-0.05, 0) is 37.5 Å². The minimum Gasteiger partial charge on any atom is -0.496 e. The number of hydrogen-bond donors (Lipinski definition) is 2. The summed E-state index contributed by atoms with van der Waals surface area (Å²) in [4.78, 5) is 10.9. The van der Waals surface area contributed by atoms with Crippen molar-refractivity contribution in [2.24, 2.45) is 0 Å². The summed E-state index contributed by atoms with van der Waals surface area (Å²) in [5, 5.41) is 12.2. The van der Waals surface area contributed by atoms with Gasteiger partial charge in [0.2, 0.25) is 0 Å². The van der Waals surface area contributed by atoms with Gasteiger partial charge in [0.1, 0.15) is 11.6 Å². The predicted molar refractivity (Wildman–Crippen MR) is 68.6 cm³/mol. The lowest BCUT2D eigenvalue weighted by Crippen LogP contribution is -2.51. The highest BCUT2D eigenvalue weighted by molar-refractivity contribution is 5.68. The fraction of sp³-hybridized carbons (Fsp3) is 0.500. The van der Waals surface area contributed by atoms with Gasteiger partial charge in [-0.2, -0.15) is 0 Å². The molecule has 0 amide bonds. The molecule has 1 aliphatic rings. The first-order chi connectivity index (χ1) is 9.04. The minimum atomic E-state index is -0.807. The Morgan fingerprint density at radius 3 is 2.79 bits per heavy atom. The van der Waals surface area contributed by atoms with Crippen molar-refractivity contribution < 1.29 is 19.0 Å². The maximum atomic E-state index is 13.2.